The number of hydrogen-bond donors (Lipinski definition) is 1. The van der Waals surface area contributed by atoms with Crippen LogP contribution in [0.25, 0.3) is 11.3 Å². The van der Waals surface area contributed by atoms with E-state index in [-0.39, 0.29) is 37.6 Å². The van der Waals surface area contributed by atoms with Crippen molar-refractivity contribution in [3.8, 4) is 11.3 Å². The third-order valence-electron chi connectivity index (χ3n) is 5.02. The number of rotatable bonds is 7. The number of nitrogens with one attached hydrogen (secondary N) is 1. The fourth-order valence-corrected chi connectivity index (χ4v) is 4.55. The molecule has 39 heavy (non-hydrogen) atoms. The van der Waals surface area contributed by atoms with Crippen molar-refractivity contribution in [2.24, 2.45) is 5.10 Å². The summed E-state index contributed by atoms with van der Waals surface area (Å²) in [4.78, 5) is 31.3. The number of alkyl halides is 3. The zero-order valence-electron chi connectivity index (χ0n) is 19.3. The fraction of sp³-hybridized carbons (Fsp3) is 0.0400. The van der Waals surface area contributed by atoms with Gasteiger partial charge >= 0.3 is 6.18 Å². The van der Waals surface area contributed by atoms with Crippen LogP contribution in [0.1, 0.15) is 21.6 Å². The molecule has 1 heterocycles. The molecular formula is C25H14Cl2F3N5O3S. The lowest BCUT2D eigenvalue weighted by molar-refractivity contribution is -0.384. The van der Waals surface area contributed by atoms with Crippen molar-refractivity contribution < 1.29 is 22.9 Å². The summed E-state index contributed by atoms with van der Waals surface area (Å²) in [6.45, 7) is 0. The van der Waals surface area contributed by atoms with E-state index >= 15 is 0 Å². The van der Waals surface area contributed by atoms with E-state index in [2.05, 4.69) is 20.5 Å². The number of carbonyl (C=O) groups excluding carboxylic acids is 1. The Labute approximate surface area is 233 Å². The molecule has 0 saturated heterocycles. The Kier molecular flexibility index (Phi) is 8.48. The van der Waals surface area contributed by atoms with E-state index in [9.17, 15) is 28.1 Å². The van der Waals surface area contributed by atoms with Gasteiger partial charge in [-0.05, 0) is 42.1 Å². The van der Waals surface area contributed by atoms with E-state index in [1.807, 2.05) is 0 Å². The molecule has 0 spiro atoms. The minimum Gasteiger partial charge on any atom is -0.267 e. The van der Waals surface area contributed by atoms with Gasteiger partial charge in [0.2, 0.25) is 0 Å². The Morgan fingerprint density at radius 3 is 2.44 bits per heavy atom. The number of carbonyl (C=O) groups is 1. The van der Waals surface area contributed by atoms with Gasteiger partial charge in [-0.15, -0.1) is 0 Å². The Hall–Kier alpha value is -4.00. The van der Waals surface area contributed by atoms with E-state index in [1.54, 1.807) is 30.3 Å². The molecule has 1 aromatic heterocycles. The normalized spacial score (nSPS) is 11.5. The number of hydrogen-bond acceptors (Lipinski definition) is 7. The van der Waals surface area contributed by atoms with Crippen LogP contribution in [0.3, 0.4) is 0 Å². The maximum Gasteiger partial charge on any atom is 0.433 e. The number of amides is 1. The molecule has 4 aromatic rings. The van der Waals surface area contributed by atoms with Crippen LogP contribution >= 0.6 is 35.0 Å². The second-order valence-electron chi connectivity index (χ2n) is 7.69. The highest BCUT2D eigenvalue weighted by Gasteiger charge is 2.34. The van der Waals surface area contributed by atoms with Crippen molar-refractivity contribution >= 4 is 52.8 Å². The SMILES string of the molecule is O=C(N/N=C/c1cc([N+](=O)[O-])ccc1Sc1nc(-c2ccccc2)cc(C(F)(F)F)n1)c1ccc(Cl)cc1Cl. The predicted octanol–water partition coefficient (Wildman–Crippen LogP) is 7.29. The molecule has 1 N–H and O–H groups in total. The summed E-state index contributed by atoms with van der Waals surface area (Å²) in [6, 6.07) is 17.0. The number of nitro benzene ring substituents is 1. The van der Waals surface area contributed by atoms with Gasteiger partial charge in [0.25, 0.3) is 11.6 Å². The zero-order chi connectivity index (χ0) is 28.2. The van der Waals surface area contributed by atoms with Crippen molar-refractivity contribution in [1.29, 1.82) is 0 Å². The van der Waals surface area contributed by atoms with Crippen molar-refractivity contribution in [3.63, 3.8) is 0 Å². The van der Waals surface area contributed by atoms with Gasteiger partial charge in [-0.25, -0.2) is 15.4 Å². The van der Waals surface area contributed by atoms with Crippen LogP contribution in [-0.2, 0) is 6.18 Å². The monoisotopic (exact) mass is 591 g/mol. The average Bonchev–Trinajstić information content (AvgIpc) is 2.89. The van der Waals surface area contributed by atoms with E-state index < -0.39 is 22.7 Å². The van der Waals surface area contributed by atoms with Gasteiger partial charge in [0.05, 0.1) is 27.4 Å². The standard InChI is InChI=1S/C25H14Cl2F3N5O3S/c26-16-6-8-18(19(27)11-16)23(36)34-31-13-15-10-17(35(37)38)7-9-21(15)39-24-32-20(14-4-2-1-3-5-14)12-22(33-24)25(28,29)30/h1-13H,(H,34,36)/b31-13+. The second kappa shape index (κ2) is 11.8. The largest absolute Gasteiger partial charge is 0.433 e. The maximum absolute atomic E-state index is 13.6. The molecular weight excluding hydrogens is 578 g/mol. The molecule has 0 unspecified atom stereocenters. The van der Waals surface area contributed by atoms with Crippen LogP contribution in [0.4, 0.5) is 18.9 Å². The Morgan fingerprint density at radius 1 is 1.03 bits per heavy atom. The number of benzene rings is 3. The summed E-state index contributed by atoms with van der Waals surface area (Å²) in [5, 5.41) is 15.3. The van der Waals surface area contributed by atoms with Crippen molar-refractivity contribution in [2.75, 3.05) is 0 Å². The molecule has 8 nitrogen and oxygen atoms in total. The average molecular weight is 592 g/mol. The van der Waals surface area contributed by atoms with Gasteiger partial charge < -0.3 is 0 Å². The molecule has 3 aromatic carbocycles. The molecule has 0 fully saturated rings. The Bertz CT molecular complexity index is 1590. The van der Waals surface area contributed by atoms with E-state index in [0.29, 0.717) is 10.6 Å². The van der Waals surface area contributed by atoms with Crippen LogP contribution in [0.15, 0.2) is 87.9 Å². The zero-order valence-corrected chi connectivity index (χ0v) is 21.6. The topological polar surface area (TPSA) is 110 Å². The van der Waals surface area contributed by atoms with Gasteiger partial charge in [0.15, 0.2) is 5.16 Å². The molecule has 0 atom stereocenters. The lowest BCUT2D eigenvalue weighted by atomic mass is 10.1. The lowest BCUT2D eigenvalue weighted by Crippen LogP contribution is -2.18. The number of non-ortho nitro benzene ring substituents is 1. The van der Waals surface area contributed by atoms with Crippen LogP contribution in [-0.4, -0.2) is 27.0 Å². The van der Waals surface area contributed by atoms with E-state index in [4.69, 9.17) is 23.2 Å². The fourth-order valence-electron chi connectivity index (χ4n) is 3.21. The summed E-state index contributed by atoms with van der Waals surface area (Å²) in [6.07, 6.45) is -3.63. The quantitative estimate of drug-likeness (QED) is 0.104. The van der Waals surface area contributed by atoms with Crippen LogP contribution in [0.5, 0.6) is 0 Å². The van der Waals surface area contributed by atoms with E-state index in [1.165, 1.54) is 30.3 Å². The van der Waals surface area contributed by atoms with Gasteiger partial charge in [-0.2, -0.15) is 18.3 Å². The highest BCUT2D eigenvalue weighted by molar-refractivity contribution is 7.99. The van der Waals surface area contributed by atoms with Gasteiger partial charge in [-0.1, -0.05) is 53.5 Å². The van der Waals surface area contributed by atoms with Crippen molar-refractivity contribution in [2.45, 2.75) is 16.2 Å². The Morgan fingerprint density at radius 2 is 1.77 bits per heavy atom. The summed E-state index contributed by atoms with van der Waals surface area (Å²) >= 11 is 12.6. The number of hydrazone groups is 1. The lowest BCUT2D eigenvalue weighted by Gasteiger charge is -2.11. The van der Waals surface area contributed by atoms with E-state index in [0.717, 1.165) is 30.1 Å². The first-order valence-electron chi connectivity index (χ1n) is 10.8. The molecule has 0 aliphatic heterocycles. The first kappa shape index (κ1) is 28.0. The molecule has 0 aliphatic carbocycles. The number of nitro groups is 1. The summed E-state index contributed by atoms with van der Waals surface area (Å²) in [5.74, 6) is -0.679. The van der Waals surface area contributed by atoms with Gasteiger partial charge in [0, 0.05) is 33.2 Å². The van der Waals surface area contributed by atoms with Gasteiger partial charge in [-0.3, -0.25) is 14.9 Å². The Balaban J connectivity index is 1.67. The molecule has 4 rings (SSSR count). The predicted molar refractivity (Wildman–Crippen MR) is 141 cm³/mol. The molecule has 0 saturated carbocycles. The van der Waals surface area contributed by atoms with Crippen LogP contribution < -0.4 is 5.43 Å². The highest BCUT2D eigenvalue weighted by atomic mass is 35.5. The third-order valence-corrected chi connectivity index (χ3v) is 6.52. The summed E-state index contributed by atoms with van der Waals surface area (Å²) in [5.41, 5.74) is 1.49. The van der Waals surface area contributed by atoms with Crippen molar-refractivity contribution in [1.82, 2.24) is 15.4 Å². The number of nitrogens with zero attached hydrogens (tertiary/aromatic N) is 4. The summed E-state index contributed by atoms with van der Waals surface area (Å²) < 4.78 is 40.8. The maximum atomic E-state index is 13.6. The highest BCUT2D eigenvalue weighted by Crippen LogP contribution is 2.35. The molecule has 14 heteroatoms. The third kappa shape index (κ3) is 7.11. The molecule has 0 bridgehead atoms. The summed E-state index contributed by atoms with van der Waals surface area (Å²) in [7, 11) is 0. The molecule has 198 valence electrons. The molecule has 0 aliphatic rings. The van der Waals surface area contributed by atoms with Crippen LogP contribution in [0, 0.1) is 10.1 Å². The second-order valence-corrected chi connectivity index (χ2v) is 9.54. The minimum atomic E-state index is -4.74. The minimum absolute atomic E-state index is 0.0460. The van der Waals surface area contributed by atoms with Gasteiger partial charge in [0.1, 0.15) is 5.69 Å². The molecule has 0 radical (unpaired) electrons. The van der Waals surface area contributed by atoms with Crippen molar-refractivity contribution in [3.05, 3.63) is 110 Å². The number of halogens is 5. The first-order valence-corrected chi connectivity index (χ1v) is 12.3. The van der Waals surface area contributed by atoms with Crippen LogP contribution in [0.2, 0.25) is 10.0 Å². The number of aromatic nitrogens is 2. The molecule has 1 amide bonds. The smallest absolute Gasteiger partial charge is 0.267 e. The first-order chi connectivity index (χ1) is 18.5.